The normalized spacial score (nSPS) is 10.9. The summed E-state index contributed by atoms with van der Waals surface area (Å²) in [6.45, 7) is 0.424. The van der Waals surface area contributed by atoms with Gasteiger partial charge in [-0.3, -0.25) is 14.0 Å². The number of nitrogens with zero attached hydrogens (tertiary/aromatic N) is 2. The maximum Gasteiger partial charge on any atom is 0.265 e. The van der Waals surface area contributed by atoms with E-state index in [1.54, 1.807) is 50.7 Å². The molecule has 0 atom stereocenters. The minimum atomic E-state index is -0.282. The van der Waals surface area contributed by atoms with Gasteiger partial charge >= 0.3 is 0 Å². The van der Waals surface area contributed by atoms with Gasteiger partial charge < -0.3 is 14.8 Å². The fourth-order valence-corrected chi connectivity index (χ4v) is 3.40. The van der Waals surface area contributed by atoms with E-state index in [4.69, 9.17) is 9.47 Å². The predicted molar refractivity (Wildman–Crippen MR) is 115 cm³/mol. The fourth-order valence-electron chi connectivity index (χ4n) is 3.40. The molecular weight excluding hydrogens is 382 g/mol. The Bertz CT molecular complexity index is 1300. The van der Waals surface area contributed by atoms with Gasteiger partial charge in [-0.05, 0) is 48.4 Å². The van der Waals surface area contributed by atoms with Crippen LogP contribution in [-0.2, 0) is 6.42 Å². The van der Waals surface area contributed by atoms with Crippen LogP contribution in [0.1, 0.15) is 15.9 Å². The molecule has 1 amide bonds. The van der Waals surface area contributed by atoms with Gasteiger partial charge in [0.15, 0.2) is 17.1 Å². The number of nitrogens with one attached hydrogen (secondary N) is 1. The van der Waals surface area contributed by atoms with Crippen LogP contribution in [0.25, 0.3) is 16.6 Å². The Kier molecular flexibility index (Phi) is 5.34. The van der Waals surface area contributed by atoms with Crippen LogP contribution >= 0.6 is 0 Å². The van der Waals surface area contributed by atoms with Crippen molar-refractivity contribution in [3.05, 3.63) is 82.3 Å². The van der Waals surface area contributed by atoms with Gasteiger partial charge in [0.2, 0.25) is 0 Å². The molecule has 0 aliphatic carbocycles. The zero-order valence-corrected chi connectivity index (χ0v) is 16.7. The van der Waals surface area contributed by atoms with Gasteiger partial charge in [0.25, 0.3) is 11.5 Å². The smallest absolute Gasteiger partial charge is 0.265 e. The molecule has 0 saturated heterocycles. The van der Waals surface area contributed by atoms with Crippen LogP contribution in [0.15, 0.2) is 65.6 Å². The monoisotopic (exact) mass is 403 g/mol. The number of para-hydroxylation sites is 1. The highest BCUT2D eigenvalue weighted by molar-refractivity contribution is 6.00. The first-order chi connectivity index (χ1) is 14.6. The molecular formula is C23H21N3O4. The van der Waals surface area contributed by atoms with E-state index < -0.39 is 0 Å². The molecule has 2 aromatic carbocycles. The highest BCUT2D eigenvalue weighted by Gasteiger charge is 2.14. The lowest BCUT2D eigenvalue weighted by Crippen LogP contribution is -2.27. The van der Waals surface area contributed by atoms with Crippen molar-refractivity contribution < 1.29 is 14.3 Å². The van der Waals surface area contributed by atoms with E-state index in [0.717, 1.165) is 5.56 Å². The molecule has 2 aromatic heterocycles. The number of carbonyl (C=O) groups excluding carboxylic acids is 1. The summed E-state index contributed by atoms with van der Waals surface area (Å²) in [7, 11) is 3.17. The summed E-state index contributed by atoms with van der Waals surface area (Å²) in [4.78, 5) is 30.1. The summed E-state index contributed by atoms with van der Waals surface area (Å²) in [6.07, 6.45) is 2.24. The van der Waals surface area contributed by atoms with Crippen molar-refractivity contribution in [2.45, 2.75) is 6.42 Å². The van der Waals surface area contributed by atoms with Gasteiger partial charge in [-0.2, -0.15) is 0 Å². The summed E-state index contributed by atoms with van der Waals surface area (Å²) >= 11 is 0. The number of rotatable bonds is 6. The van der Waals surface area contributed by atoms with Crippen molar-refractivity contribution in [3.8, 4) is 11.5 Å². The van der Waals surface area contributed by atoms with E-state index in [-0.39, 0.29) is 11.5 Å². The highest BCUT2D eigenvalue weighted by Crippen LogP contribution is 2.27. The second-order valence-electron chi connectivity index (χ2n) is 6.74. The molecule has 7 heteroatoms. The molecule has 152 valence electrons. The second-order valence-corrected chi connectivity index (χ2v) is 6.74. The Morgan fingerprint density at radius 3 is 2.63 bits per heavy atom. The van der Waals surface area contributed by atoms with E-state index >= 15 is 0 Å². The molecule has 7 nitrogen and oxygen atoms in total. The van der Waals surface area contributed by atoms with E-state index in [9.17, 15) is 9.59 Å². The zero-order valence-electron chi connectivity index (χ0n) is 16.7. The molecule has 0 spiro atoms. The van der Waals surface area contributed by atoms with Crippen molar-refractivity contribution in [2.24, 2.45) is 0 Å². The molecule has 0 radical (unpaired) electrons. The Morgan fingerprint density at radius 1 is 1.03 bits per heavy atom. The van der Waals surface area contributed by atoms with Crippen LogP contribution in [0.4, 0.5) is 0 Å². The van der Waals surface area contributed by atoms with E-state index in [2.05, 4.69) is 10.3 Å². The number of hydrogen-bond donors (Lipinski definition) is 1. The maximum absolute atomic E-state index is 12.8. The lowest BCUT2D eigenvalue weighted by molar-refractivity contribution is 0.0955. The quantitative estimate of drug-likeness (QED) is 0.501. The number of ether oxygens (including phenoxy) is 2. The third kappa shape index (κ3) is 3.57. The van der Waals surface area contributed by atoms with Crippen molar-refractivity contribution in [2.75, 3.05) is 20.8 Å². The van der Waals surface area contributed by atoms with Crippen LogP contribution < -0.4 is 20.3 Å². The first-order valence-electron chi connectivity index (χ1n) is 9.51. The number of pyridine rings is 1. The van der Waals surface area contributed by atoms with Crippen molar-refractivity contribution in [3.63, 3.8) is 0 Å². The summed E-state index contributed by atoms with van der Waals surface area (Å²) in [5, 5.41) is 3.42. The summed E-state index contributed by atoms with van der Waals surface area (Å²) in [6, 6.07) is 16.1. The zero-order chi connectivity index (χ0) is 21.1. The van der Waals surface area contributed by atoms with Crippen LogP contribution in [0.3, 0.4) is 0 Å². The van der Waals surface area contributed by atoms with Gasteiger partial charge in [-0.25, -0.2) is 4.98 Å². The minimum Gasteiger partial charge on any atom is -0.493 e. The topological polar surface area (TPSA) is 81.9 Å². The molecule has 4 aromatic rings. The molecule has 2 heterocycles. The van der Waals surface area contributed by atoms with Crippen molar-refractivity contribution in [1.82, 2.24) is 14.7 Å². The maximum atomic E-state index is 12.8. The molecule has 0 saturated carbocycles. The molecule has 1 N–H and O–H groups in total. The molecule has 0 aliphatic heterocycles. The number of aromatic nitrogens is 2. The third-order valence-corrected chi connectivity index (χ3v) is 4.94. The average Bonchev–Trinajstić information content (AvgIpc) is 2.78. The van der Waals surface area contributed by atoms with Crippen LogP contribution in [0.5, 0.6) is 11.5 Å². The van der Waals surface area contributed by atoms with Crippen LogP contribution in [0, 0.1) is 0 Å². The van der Waals surface area contributed by atoms with Gasteiger partial charge in [0.05, 0.1) is 30.7 Å². The summed E-state index contributed by atoms with van der Waals surface area (Å²) in [5.74, 6) is 1.02. The van der Waals surface area contributed by atoms with Gasteiger partial charge in [-0.15, -0.1) is 0 Å². The molecule has 0 unspecified atom stereocenters. The van der Waals surface area contributed by atoms with Gasteiger partial charge in [-0.1, -0.05) is 18.2 Å². The Labute approximate surface area is 172 Å². The SMILES string of the molecule is COc1ccc(CCNC(=O)c2cccn3c(=O)c4ccccc4nc23)cc1OC. The predicted octanol–water partition coefficient (Wildman–Crippen LogP) is 2.84. The standard InChI is InChI=1S/C23H21N3O4/c1-29-19-10-9-15(14-20(19)30-2)11-12-24-22(27)17-7-5-13-26-21(17)25-18-8-4-3-6-16(18)23(26)28/h3-10,13-14H,11-12H2,1-2H3,(H,24,27). The van der Waals surface area contributed by atoms with Crippen molar-refractivity contribution in [1.29, 1.82) is 0 Å². The van der Waals surface area contributed by atoms with E-state index in [1.807, 2.05) is 24.3 Å². The number of methoxy groups -OCH3 is 2. The molecule has 4 rings (SSSR count). The third-order valence-electron chi connectivity index (χ3n) is 4.94. The lowest BCUT2D eigenvalue weighted by Gasteiger charge is -2.11. The number of hydrogen-bond acceptors (Lipinski definition) is 5. The van der Waals surface area contributed by atoms with Gasteiger partial charge in [0, 0.05) is 12.7 Å². The first-order valence-corrected chi connectivity index (χ1v) is 9.51. The van der Waals surface area contributed by atoms with Crippen molar-refractivity contribution >= 4 is 22.5 Å². The summed E-state index contributed by atoms with van der Waals surface area (Å²) in [5.41, 5.74) is 2.06. The Morgan fingerprint density at radius 2 is 1.83 bits per heavy atom. The minimum absolute atomic E-state index is 0.199. The van der Waals surface area contributed by atoms with E-state index in [1.165, 1.54) is 4.40 Å². The fraction of sp³-hybridized carbons (Fsp3) is 0.174. The number of carbonyl (C=O) groups is 1. The Hall–Kier alpha value is -3.87. The van der Waals surface area contributed by atoms with Crippen LogP contribution in [0.2, 0.25) is 0 Å². The van der Waals surface area contributed by atoms with Gasteiger partial charge in [0.1, 0.15) is 0 Å². The van der Waals surface area contributed by atoms with Crippen LogP contribution in [-0.4, -0.2) is 36.1 Å². The number of fused-ring (bicyclic) bond motifs is 2. The number of amides is 1. The molecule has 0 fully saturated rings. The molecule has 0 bridgehead atoms. The lowest BCUT2D eigenvalue weighted by atomic mass is 10.1. The van der Waals surface area contributed by atoms with E-state index in [0.29, 0.717) is 46.6 Å². The molecule has 30 heavy (non-hydrogen) atoms. The average molecular weight is 403 g/mol. The highest BCUT2D eigenvalue weighted by atomic mass is 16.5. The second kappa shape index (κ2) is 8.24. The molecule has 0 aliphatic rings. The Balaban J connectivity index is 1.56. The first kappa shape index (κ1) is 19.4. The number of benzene rings is 2. The summed E-state index contributed by atoms with van der Waals surface area (Å²) < 4.78 is 12.0. The largest absolute Gasteiger partial charge is 0.493 e.